The molecule has 0 radical (unpaired) electrons. The highest BCUT2D eigenvalue weighted by Crippen LogP contribution is 2.19. The zero-order chi connectivity index (χ0) is 36.0. The third kappa shape index (κ3) is 33.7. The number of aliphatic hydroxyl groups is 1. The number of unbranched alkanes of at least 4 members (excludes halogenated alkanes) is 20. The van der Waals surface area contributed by atoms with Crippen molar-refractivity contribution in [2.75, 3.05) is 26.2 Å². The van der Waals surface area contributed by atoms with E-state index in [0.29, 0.717) is 19.4 Å². The van der Waals surface area contributed by atoms with E-state index in [1.165, 1.54) is 109 Å². The number of hydrogen-bond donors (Lipinski definition) is 1. The minimum absolute atomic E-state index is 0.00277. The average Bonchev–Trinajstić information content (AvgIpc) is 3.09. The molecule has 0 bridgehead atoms. The first-order valence-corrected chi connectivity index (χ1v) is 21.7. The summed E-state index contributed by atoms with van der Waals surface area (Å²) in [5, 5.41) is 9.55. The van der Waals surface area contributed by atoms with Crippen molar-refractivity contribution in [1.29, 1.82) is 0 Å². The Kier molecular flexibility index (Phi) is 37.2. The van der Waals surface area contributed by atoms with E-state index >= 15 is 0 Å². The van der Waals surface area contributed by atoms with Gasteiger partial charge in [-0.1, -0.05) is 143 Å². The van der Waals surface area contributed by atoms with Crippen molar-refractivity contribution in [2.45, 2.75) is 239 Å². The van der Waals surface area contributed by atoms with Crippen LogP contribution in [0.2, 0.25) is 0 Å². The lowest BCUT2D eigenvalue weighted by atomic mass is 10.0. The highest BCUT2D eigenvalue weighted by atomic mass is 16.5. The van der Waals surface area contributed by atoms with E-state index in [4.69, 9.17) is 9.47 Å². The topological polar surface area (TPSA) is 76.1 Å². The average molecular weight is 696 g/mol. The third-order valence-corrected chi connectivity index (χ3v) is 10.1. The van der Waals surface area contributed by atoms with Crippen molar-refractivity contribution in [1.82, 2.24) is 4.90 Å². The van der Waals surface area contributed by atoms with Gasteiger partial charge in [-0.2, -0.15) is 0 Å². The van der Waals surface area contributed by atoms with Crippen LogP contribution in [0.5, 0.6) is 0 Å². The molecule has 0 aromatic rings. The Morgan fingerprint density at radius 3 is 1.24 bits per heavy atom. The lowest BCUT2D eigenvalue weighted by Gasteiger charge is -2.21. The van der Waals surface area contributed by atoms with Gasteiger partial charge in [0.25, 0.3) is 0 Å². The van der Waals surface area contributed by atoms with Crippen LogP contribution in [0.15, 0.2) is 0 Å². The summed E-state index contributed by atoms with van der Waals surface area (Å²) in [5.41, 5.74) is 0. The first kappa shape index (κ1) is 47.9. The minimum atomic E-state index is -0.0541. The van der Waals surface area contributed by atoms with E-state index in [1.807, 2.05) is 0 Å². The van der Waals surface area contributed by atoms with Crippen molar-refractivity contribution in [3.8, 4) is 0 Å². The van der Waals surface area contributed by atoms with Gasteiger partial charge in [-0.3, -0.25) is 9.59 Å². The zero-order valence-corrected chi connectivity index (χ0v) is 33.4. The number of ether oxygens (including phenoxy) is 2. The van der Waals surface area contributed by atoms with Crippen LogP contribution in [0.1, 0.15) is 227 Å². The van der Waals surface area contributed by atoms with Crippen molar-refractivity contribution in [2.24, 2.45) is 0 Å². The molecule has 0 fully saturated rings. The summed E-state index contributed by atoms with van der Waals surface area (Å²) in [4.78, 5) is 27.4. The van der Waals surface area contributed by atoms with Gasteiger partial charge in [-0.25, -0.2) is 0 Å². The smallest absolute Gasteiger partial charge is 0.306 e. The fourth-order valence-corrected chi connectivity index (χ4v) is 6.77. The number of rotatable bonds is 39. The van der Waals surface area contributed by atoms with Crippen molar-refractivity contribution in [3.05, 3.63) is 0 Å². The van der Waals surface area contributed by atoms with Crippen LogP contribution >= 0.6 is 0 Å². The first-order valence-electron chi connectivity index (χ1n) is 21.7. The van der Waals surface area contributed by atoms with E-state index in [9.17, 15) is 14.7 Å². The van der Waals surface area contributed by atoms with E-state index < -0.39 is 0 Å². The second-order valence-electron chi connectivity index (χ2n) is 14.8. The Morgan fingerprint density at radius 2 is 0.796 bits per heavy atom. The molecular formula is C43H85NO5. The van der Waals surface area contributed by atoms with Gasteiger partial charge in [0.15, 0.2) is 0 Å². The first-order chi connectivity index (χ1) is 24.0. The number of aliphatic hydroxyl groups excluding tert-OH is 1. The van der Waals surface area contributed by atoms with E-state index in [-0.39, 0.29) is 30.8 Å². The zero-order valence-electron chi connectivity index (χ0n) is 33.4. The number of esters is 2. The van der Waals surface area contributed by atoms with Crippen LogP contribution in [0.3, 0.4) is 0 Å². The van der Waals surface area contributed by atoms with Crippen molar-refractivity contribution >= 4 is 11.9 Å². The van der Waals surface area contributed by atoms with Crippen LogP contribution in [0.25, 0.3) is 0 Å². The van der Waals surface area contributed by atoms with Crippen LogP contribution in [-0.4, -0.2) is 60.4 Å². The Bertz CT molecular complexity index is 686. The SMILES string of the molecule is CCCCCCCCC(CC)OC(=O)CCCCN(CCO)CCCCCCCC(=O)OC(CCCCCCCC)CCCCCCCC. The molecule has 292 valence electrons. The van der Waals surface area contributed by atoms with Gasteiger partial charge in [-0.15, -0.1) is 0 Å². The molecule has 0 spiro atoms. The summed E-state index contributed by atoms with van der Waals surface area (Å²) in [6.45, 7) is 11.6. The molecule has 49 heavy (non-hydrogen) atoms. The molecule has 1 N–H and O–H groups in total. The van der Waals surface area contributed by atoms with Crippen molar-refractivity contribution in [3.63, 3.8) is 0 Å². The predicted octanol–water partition coefficient (Wildman–Crippen LogP) is 12.3. The van der Waals surface area contributed by atoms with Gasteiger partial charge in [0, 0.05) is 19.4 Å². The summed E-state index contributed by atoms with van der Waals surface area (Å²) in [6.07, 6.45) is 35.2. The summed E-state index contributed by atoms with van der Waals surface area (Å²) < 4.78 is 11.8. The molecule has 0 aliphatic rings. The summed E-state index contributed by atoms with van der Waals surface area (Å²) in [6, 6.07) is 0. The Hall–Kier alpha value is -1.14. The molecule has 0 rings (SSSR count). The van der Waals surface area contributed by atoms with Crippen LogP contribution in [0.4, 0.5) is 0 Å². The van der Waals surface area contributed by atoms with Crippen molar-refractivity contribution < 1.29 is 24.2 Å². The largest absolute Gasteiger partial charge is 0.462 e. The number of nitrogens with zero attached hydrogens (tertiary/aromatic N) is 1. The highest BCUT2D eigenvalue weighted by molar-refractivity contribution is 5.69. The maximum absolute atomic E-state index is 12.7. The molecule has 0 saturated carbocycles. The highest BCUT2D eigenvalue weighted by Gasteiger charge is 2.15. The second kappa shape index (κ2) is 38.1. The van der Waals surface area contributed by atoms with Gasteiger partial charge in [-0.05, 0) is 83.7 Å². The fraction of sp³-hybridized carbons (Fsp3) is 0.953. The molecule has 0 saturated heterocycles. The standard InChI is InChI=1S/C43H85NO5/c1-5-9-12-15-19-24-31-40(8-4)48-42(46)35-28-30-37-44(38-39-45)36-29-23-18-22-27-34-43(47)49-41(32-25-20-16-13-10-6-2)33-26-21-17-14-11-7-3/h40-41,45H,5-39H2,1-4H3. The lowest BCUT2D eigenvalue weighted by molar-refractivity contribution is -0.150. The summed E-state index contributed by atoms with van der Waals surface area (Å²) in [5.74, 6) is -0.0514. The van der Waals surface area contributed by atoms with Gasteiger partial charge in [0.2, 0.25) is 0 Å². The molecule has 1 unspecified atom stereocenters. The van der Waals surface area contributed by atoms with Gasteiger partial charge < -0.3 is 19.5 Å². The van der Waals surface area contributed by atoms with Crippen LogP contribution in [0, 0.1) is 0 Å². The molecule has 0 aliphatic carbocycles. The minimum Gasteiger partial charge on any atom is -0.462 e. The summed E-state index contributed by atoms with van der Waals surface area (Å²) >= 11 is 0. The molecule has 6 nitrogen and oxygen atoms in total. The lowest BCUT2D eigenvalue weighted by Crippen LogP contribution is -2.29. The molecule has 0 aliphatic heterocycles. The molecule has 0 aromatic heterocycles. The number of hydrogen-bond acceptors (Lipinski definition) is 6. The maximum Gasteiger partial charge on any atom is 0.306 e. The Labute approximate surface area is 305 Å². The third-order valence-electron chi connectivity index (χ3n) is 10.1. The monoisotopic (exact) mass is 696 g/mol. The van der Waals surface area contributed by atoms with Gasteiger partial charge >= 0.3 is 11.9 Å². The molecule has 0 heterocycles. The van der Waals surface area contributed by atoms with E-state index in [1.54, 1.807) is 0 Å². The second-order valence-corrected chi connectivity index (χ2v) is 14.8. The van der Waals surface area contributed by atoms with E-state index in [0.717, 1.165) is 90.1 Å². The number of carbonyl (C=O) groups is 2. The Morgan fingerprint density at radius 1 is 0.449 bits per heavy atom. The predicted molar refractivity (Wildman–Crippen MR) is 209 cm³/mol. The summed E-state index contributed by atoms with van der Waals surface area (Å²) in [7, 11) is 0. The maximum atomic E-state index is 12.7. The van der Waals surface area contributed by atoms with Gasteiger partial charge in [0.05, 0.1) is 6.61 Å². The van der Waals surface area contributed by atoms with Crippen LogP contribution in [-0.2, 0) is 19.1 Å². The molecule has 6 heteroatoms. The van der Waals surface area contributed by atoms with Gasteiger partial charge in [0.1, 0.15) is 12.2 Å². The molecule has 0 aromatic carbocycles. The van der Waals surface area contributed by atoms with E-state index in [2.05, 4.69) is 32.6 Å². The van der Waals surface area contributed by atoms with Crippen LogP contribution < -0.4 is 0 Å². The molecule has 1 atom stereocenters. The molecular weight excluding hydrogens is 610 g/mol. The quantitative estimate of drug-likeness (QED) is 0.0509. The fourth-order valence-electron chi connectivity index (χ4n) is 6.77. The number of carbonyl (C=O) groups excluding carboxylic acids is 2. The molecule has 0 amide bonds. The Balaban J connectivity index is 4.14. The normalized spacial score (nSPS) is 12.2.